The summed E-state index contributed by atoms with van der Waals surface area (Å²) in [5.41, 5.74) is 3.68. The van der Waals surface area contributed by atoms with Gasteiger partial charge in [-0.05, 0) is 36.2 Å². The Morgan fingerprint density at radius 3 is 2.56 bits per heavy atom. The number of methoxy groups -OCH3 is 1. The van der Waals surface area contributed by atoms with Crippen molar-refractivity contribution >= 4 is 17.4 Å². The topological polar surface area (TPSA) is 63.2 Å². The quantitative estimate of drug-likeness (QED) is 0.658. The third-order valence-corrected chi connectivity index (χ3v) is 4.32. The van der Waals surface area contributed by atoms with E-state index >= 15 is 0 Å². The lowest BCUT2D eigenvalue weighted by Crippen LogP contribution is -2.23. The monoisotopic (exact) mass is 361 g/mol. The number of carbonyl (C=O) groups excluding carboxylic acids is 1. The Bertz CT molecular complexity index is 925. The van der Waals surface area contributed by atoms with E-state index in [4.69, 9.17) is 4.74 Å². The Labute approximate surface area is 159 Å². The number of anilines is 2. The maximum Gasteiger partial charge on any atom is 0.251 e. The van der Waals surface area contributed by atoms with Crippen molar-refractivity contribution in [3.05, 3.63) is 83.6 Å². The molecule has 0 aliphatic heterocycles. The van der Waals surface area contributed by atoms with Crippen molar-refractivity contribution in [1.82, 2.24) is 10.3 Å². The molecule has 1 amide bonds. The van der Waals surface area contributed by atoms with Crippen LogP contribution in [0.1, 0.15) is 28.4 Å². The van der Waals surface area contributed by atoms with E-state index in [-0.39, 0.29) is 5.91 Å². The van der Waals surface area contributed by atoms with Crippen molar-refractivity contribution in [1.29, 1.82) is 0 Å². The van der Waals surface area contributed by atoms with Gasteiger partial charge in [-0.2, -0.15) is 0 Å². The van der Waals surface area contributed by atoms with Crippen molar-refractivity contribution < 1.29 is 9.53 Å². The molecule has 2 N–H and O–H groups in total. The maximum absolute atomic E-state index is 12.5. The van der Waals surface area contributed by atoms with Gasteiger partial charge in [0.25, 0.3) is 5.91 Å². The van der Waals surface area contributed by atoms with Gasteiger partial charge in [-0.15, -0.1) is 0 Å². The summed E-state index contributed by atoms with van der Waals surface area (Å²) in [4.78, 5) is 16.9. The zero-order valence-corrected chi connectivity index (χ0v) is 15.5. The van der Waals surface area contributed by atoms with E-state index in [1.165, 1.54) is 5.56 Å². The highest BCUT2D eigenvalue weighted by atomic mass is 16.5. The van der Waals surface area contributed by atoms with Gasteiger partial charge in [0.2, 0.25) is 0 Å². The second-order valence-electron chi connectivity index (χ2n) is 6.06. The van der Waals surface area contributed by atoms with Crippen LogP contribution in [0.2, 0.25) is 0 Å². The summed E-state index contributed by atoms with van der Waals surface area (Å²) in [5.74, 6) is 1.24. The molecular weight excluding hydrogens is 338 g/mol. The van der Waals surface area contributed by atoms with Gasteiger partial charge in [0.1, 0.15) is 11.6 Å². The molecule has 0 aliphatic rings. The first-order valence-electron chi connectivity index (χ1n) is 8.92. The Balaban J connectivity index is 1.70. The number of nitrogens with zero attached hydrogens (tertiary/aromatic N) is 1. The average molecular weight is 361 g/mol. The highest BCUT2D eigenvalue weighted by Gasteiger charge is 2.09. The zero-order valence-electron chi connectivity index (χ0n) is 15.5. The molecular formula is C22H23N3O2. The van der Waals surface area contributed by atoms with Gasteiger partial charge in [-0.1, -0.05) is 43.3 Å². The molecule has 0 spiro atoms. The predicted molar refractivity (Wildman–Crippen MR) is 108 cm³/mol. The molecule has 1 heterocycles. The summed E-state index contributed by atoms with van der Waals surface area (Å²) in [6.45, 7) is 2.50. The molecule has 27 heavy (non-hydrogen) atoms. The summed E-state index contributed by atoms with van der Waals surface area (Å²) < 4.78 is 5.32. The lowest BCUT2D eigenvalue weighted by atomic mass is 10.1. The molecule has 0 saturated carbocycles. The third-order valence-electron chi connectivity index (χ3n) is 4.32. The maximum atomic E-state index is 12.5. The van der Waals surface area contributed by atoms with Crippen molar-refractivity contribution in [3.63, 3.8) is 0 Å². The minimum absolute atomic E-state index is 0.157. The molecule has 0 atom stereocenters. The fourth-order valence-electron chi connectivity index (χ4n) is 2.86. The fraction of sp³-hybridized carbons (Fsp3) is 0.182. The number of pyridine rings is 1. The Hall–Kier alpha value is -3.34. The lowest BCUT2D eigenvalue weighted by Gasteiger charge is -2.12. The first-order chi connectivity index (χ1) is 13.2. The molecule has 0 radical (unpaired) electrons. The summed E-state index contributed by atoms with van der Waals surface area (Å²) in [6.07, 6.45) is 2.55. The van der Waals surface area contributed by atoms with Crippen molar-refractivity contribution in [2.75, 3.05) is 12.4 Å². The van der Waals surface area contributed by atoms with E-state index in [9.17, 15) is 4.79 Å². The molecule has 3 aromatic rings. The van der Waals surface area contributed by atoms with Gasteiger partial charge in [0.15, 0.2) is 0 Å². The first kappa shape index (κ1) is 18.5. The minimum atomic E-state index is -0.157. The van der Waals surface area contributed by atoms with E-state index in [2.05, 4.69) is 28.6 Å². The molecule has 2 aromatic carbocycles. The SMILES string of the molecule is CCc1ccccc1Nc1cc(C(=O)NCc2ccccc2OC)ccn1. The molecule has 0 bridgehead atoms. The summed E-state index contributed by atoms with van der Waals surface area (Å²) in [7, 11) is 1.62. The number of ether oxygens (including phenoxy) is 1. The van der Waals surface area contributed by atoms with Gasteiger partial charge >= 0.3 is 0 Å². The molecule has 3 rings (SSSR count). The van der Waals surface area contributed by atoms with E-state index in [1.54, 1.807) is 25.4 Å². The largest absolute Gasteiger partial charge is 0.496 e. The van der Waals surface area contributed by atoms with Crippen LogP contribution in [0.4, 0.5) is 11.5 Å². The van der Waals surface area contributed by atoms with Crippen LogP contribution in [-0.4, -0.2) is 18.0 Å². The Morgan fingerprint density at radius 2 is 1.78 bits per heavy atom. The van der Waals surface area contributed by atoms with Crippen LogP contribution >= 0.6 is 0 Å². The van der Waals surface area contributed by atoms with Gasteiger partial charge in [-0.3, -0.25) is 4.79 Å². The van der Waals surface area contributed by atoms with E-state index in [1.807, 2.05) is 42.5 Å². The highest BCUT2D eigenvalue weighted by Crippen LogP contribution is 2.21. The van der Waals surface area contributed by atoms with Crippen LogP contribution in [0.15, 0.2) is 66.9 Å². The number of para-hydroxylation sites is 2. The van der Waals surface area contributed by atoms with Crippen LogP contribution in [0, 0.1) is 0 Å². The number of aryl methyl sites for hydroxylation is 1. The smallest absolute Gasteiger partial charge is 0.251 e. The van der Waals surface area contributed by atoms with E-state index < -0.39 is 0 Å². The van der Waals surface area contributed by atoms with E-state index in [0.29, 0.717) is 17.9 Å². The van der Waals surface area contributed by atoms with Crippen molar-refractivity contribution in [3.8, 4) is 5.75 Å². The minimum Gasteiger partial charge on any atom is -0.496 e. The van der Waals surface area contributed by atoms with Crippen LogP contribution in [0.25, 0.3) is 0 Å². The highest BCUT2D eigenvalue weighted by molar-refractivity contribution is 5.94. The molecule has 138 valence electrons. The van der Waals surface area contributed by atoms with Gasteiger partial charge in [-0.25, -0.2) is 4.98 Å². The first-order valence-corrected chi connectivity index (χ1v) is 8.92. The molecule has 5 nitrogen and oxygen atoms in total. The van der Waals surface area contributed by atoms with Gasteiger partial charge in [0.05, 0.1) is 7.11 Å². The standard InChI is InChI=1S/C22H23N3O2/c1-3-16-8-4-6-10-19(16)25-21-14-17(12-13-23-21)22(26)24-15-18-9-5-7-11-20(18)27-2/h4-14H,3,15H2,1-2H3,(H,23,25)(H,24,26). The molecule has 0 fully saturated rings. The van der Waals surface area contributed by atoms with E-state index in [0.717, 1.165) is 23.4 Å². The number of carbonyl (C=O) groups is 1. The number of aromatic nitrogens is 1. The Kier molecular flexibility index (Phi) is 6.05. The van der Waals surface area contributed by atoms with Gasteiger partial charge < -0.3 is 15.4 Å². The summed E-state index contributed by atoms with van der Waals surface area (Å²) in [5, 5.41) is 6.23. The average Bonchev–Trinajstić information content (AvgIpc) is 2.72. The molecule has 0 saturated heterocycles. The molecule has 0 aliphatic carbocycles. The van der Waals surface area contributed by atoms with Crippen LogP contribution < -0.4 is 15.4 Å². The number of benzene rings is 2. The normalized spacial score (nSPS) is 10.3. The molecule has 0 unspecified atom stereocenters. The van der Waals surface area contributed by atoms with Crippen LogP contribution in [0.5, 0.6) is 5.75 Å². The third kappa shape index (κ3) is 4.64. The number of hydrogen-bond acceptors (Lipinski definition) is 4. The Morgan fingerprint density at radius 1 is 1.04 bits per heavy atom. The van der Waals surface area contributed by atoms with Crippen molar-refractivity contribution in [2.45, 2.75) is 19.9 Å². The number of nitrogens with one attached hydrogen (secondary N) is 2. The van der Waals surface area contributed by atoms with Crippen LogP contribution in [0.3, 0.4) is 0 Å². The number of amides is 1. The lowest BCUT2D eigenvalue weighted by molar-refractivity contribution is 0.0950. The second kappa shape index (κ2) is 8.85. The van der Waals surface area contributed by atoms with Gasteiger partial charge in [0, 0.05) is 29.6 Å². The zero-order chi connectivity index (χ0) is 19.1. The summed E-state index contributed by atoms with van der Waals surface area (Å²) in [6, 6.07) is 19.2. The number of rotatable bonds is 7. The summed E-state index contributed by atoms with van der Waals surface area (Å²) >= 11 is 0. The molecule has 5 heteroatoms. The predicted octanol–water partition coefficient (Wildman–Crippen LogP) is 4.33. The van der Waals surface area contributed by atoms with Crippen LogP contribution in [-0.2, 0) is 13.0 Å². The fourth-order valence-corrected chi connectivity index (χ4v) is 2.86. The molecule has 1 aromatic heterocycles. The number of hydrogen-bond donors (Lipinski definition) is 2. The van der Waals surface area contributed by atoms with Crippen molar-refractivity contribution in [2.24, 2.45) is 0 Å². The second-order valence-corrected chi connectivity index (χ2v) is 6.06.